The minimum Gasteiger partial charge on any atom is -0.370 e. The van der Waals surface area contributed by atoms with Gasteiger partial charge in [-0.15, -0.1) is 0 Å². The second-order valence-corrected chi connectivity index (χ2v) is 4.20. The van der Waals surface area contributed by atoms with Gasteiger partial charge in [-0.25, -0.2) is 0 Å². The molecule has 0 heterocycles. The Hall–Kier alpha value is -1.10. The van der Waals surface area contributed by atoms with E-state index in [4.69, 9.17) is 5.73 Å². The first-order chi connectivity index (χ1) is 7.08. The van der Waals surface area contributed by atoms with Gasteiger partial charge in [-0.1, -0.05) is 0 Å². The molecule has 1 atom stereocenters. The Balaban J connectivity index is 2.01. The van der Waals surface area contributed by atoms with Crippen molar-refractivity contribution in [1.29, 1.82) is 0 Å². The molecule has 0 spiro atoms. The van der Waals surface area contributed by atoms with Crippen molar-refractivity contribution in [2.45, 2.75) is 32.2 Å². The maximum Gasteiger partial charge on any atom is 0.233 e. The van der Waals surface area contributed by atoms with E-state index in [0.29, 0.717) is 5.92 Å². The highest BCUT2D eigenvalue weighted by atomic mass is 16.2. The third-order valence-corrected chi connectivity index (χ3v) is 2.40. The van der Waals surface area contributed by atoms with Gasteiger partial charge < -0.3 is 16.4 Å². The van der Waals surface area contributed by atoms with E-state index in [1.807, 2.05) is 6.92 Å². The Morgan fingerprint density at radius 3 is 2.67 bits per heavy atom. The van der Waals surface area contributed by atoms with Gasteiger partial charge in [-0.2, -0.15) is 0 Å². The first kappa shape index (κ1) is 12.0. The van der Waals surface area contributed by atoms with Crippen LogP contribution in [-0.2, 0) is 9.59 Å². The lowest BCUT2D eigenvalue weighted by atomic mass is 10.2. The molecule has 1 unspecified atom stereocenters. The fourth-order valence-electron chi connectivity index (χ4n) is 1.28. The molecular weight excluding hydrogens is 194 g/mol. The standard InChI is InChI=1S/C10H19N3O2/c1-7(4-9(11)14)12-6-10(15)13-5-8-2-3-8/h7-8,12H,2-6H2,1H3,(H2,11,14)(H,13,15). The Labute approximate surface area is 89.8 Å². The summed E-state index contributed by atoms with van der Waals surface area (Å²) in [5, 5.41) is 5.78. The maximum atomic E-state index is 11.3. The van der Waals surface area contributed by atoms with E-state index in [0.717, 1.165) is 6.54 Å². The van der Waals surface area contributed by atoms with E-state index >= 15 is 0 Å². The second-order valence-electron chi connectivity index (χ2n) is 4.20. The summed E-state index contributed by atoms with van der Waals surface area (Å²) < 4.78 is 0. The summed E-state index contributed by atoms with van der Waals surface area (Å²) >= 11 is 0. The zero-order chi connectivity index (χ0) is 11.3. The summed E-state index contributed by atoms with van der Waals surface area (Å²) in [6.07, 6.45) is 2.72. The van der Waals surface area contributed by atoms with Crippen molar-refractivity contribution in [3.8, 4) is 0 Å². The number of hydrogen-bond donors (Lipinski definition) is 3. The smallest absolute Gasteiger partial charge is 0.233 e. The van der Waals surface area contributed by atoms with Crippen LogP contribution in [-0.4, -0.2) is 30.9 Å². The highest BCUT2D eigenvalue weighted by Crippen LogP contribution is 2.27. The average molecular weight is 213 g/mol. The molecule has 1 aliphatic rings. The topological polar surface area (TPSA) is 84.2 Å². The van der Waals surface area contributed by atoms with Crippen LogP contribution in [0, 0.1) is 5.92 Å². The van der Waals surface area contributed by atoms with Crippen LogP contribution in [0.4, 0.5) is 0 Å². The van der Waals surface area contributed by atoms with Crippen molar-refractivity contribution in [2.75, 3.05) is 13.1 Å². The summed E-state index contributed by atoms with van der Waals surface area (Å²) in [5.74, 6) is 0.323. The molecule has 86 valence electrons. The van der Waals surface area contributed by atoms with Crippen molar-refractivity contribution in [1.82, 2.24) is 10.6 Å². The van der Waals surface area contributed by atoms with Crippen LogP contribution in [0.2, 0.25) is 0 Å². The van der Waals surface area contributed by atoms with Crippen LogP contribution >= 0.6 is 0 Å². The third-order valence-electron chi connectivity index (χ3n) is 2.40. The predicted molar refractivity (Wildman–Crippen MR) is 57.0 cm³/mol. The number of amides is 2. The molecule has 0 aliphatic heterocycles. The number of nitrogens with two attached hydrogens (primary N) is 1. The first-order valence-corrected chi connectivity index (χ1v) is 5.36. The van der Waals surface area contributed by atoms with Crippen molar-refractivity contribution in [2.24, 2.45) is 11.7 Å². The molecule has 1 aliphatic carbocycles. The van der Waals surface area contributed by atoms with Crippen LogP contribution in [0.15, 0.2) is 0 Å². The molecule has 0 saturated heterocycles. The minimum atomic E-state index is -0.353. The molecular formula is C10H19N3O2. The first-order valence-electron chi connectivity index (χ1n) is 5.36. The number of nitrogens with one attached hydrogen (secondary N) is 2. The van der Waals surface area contributed by atoms with Crippen molar-refractivity contribution in [3.05, 3.63) is 0 Å². The largest absolute Gasteiger partial charge is 0.370 e. The van der Waals surface area contributed by atoms with Crippen LogP contribution in [0.1, 0.15) is 26.2 Å². The van der Waals surface area contributed by atoms with Crippen LogP contribution in [0.25, 0.3) is 0 Å². The number of carbonyl (C=O) groups is 2. The number of carbonyl (C=O) groups excluding carboxylic acids is 2. The summed E-state index contributed by atoms with van der Waals surface area (Å²) in [4.78, 5) is 21.8. The summed E-state index contributed by atoms with van der Waals surface area (Å²) in [6, 6.07) is -0.0471. The minimum absolute atomic E-state index is 0.0155. The van der Waals surface area contributed by atoms with E-state index in [9.17, 15) is 9.59 Å². The molecule has 1 saturated carbocycles. The third kappa shape index (κ3) is 6.06. The lowest BCUT2D eigenvalue weighted by Gasteiger charge is -2.11. The molecule has 5 nitrogen and oxygen atoms in total. The van der Waals surface area contributed by atoms with Gasteiger partial charge >= 0.3 is 0 Å². The average Bonchev–Trinajstić information content (AvgIpc) is 2.93. The zero-order valence-corrected chi connectivity index (χ0v) is 9.08. The van der Waals surface area contributed by atoms with E-state index in [1.54, 1.807) is 0 Å². The summed E-state index contributed by atoms with van der Waals surface area (Å²) in [6.45, 7) is 2.87. The molecule has 1 fully saturated rings. The van der Waals surface area contributed by atoms with E-state index < -0.39 is 0 Å². The number of primary amides is 1. The highest BCUT2D eigenvalue weighted by molar-refractivity contribution is 5.78. The SMILES string of the molecule is CC(CC(N)=O)NCC(=O)NCC1CC1. The van der Waals surface area contributed by atoms with Gasteiger partial charge in [0, 0.05) is 19.0 Å². The monoisotopic (exact) mass is 213 g/mol. The van der Waals surface area contributed by atoms with E-state index in [2.05, 4.69) is 10.6 Å². The summed E-state index contributed by atoms with van der Waals surface area (Å²) in [5.41, 5.74) is 5.03. The van der Waals surface area contributed by atoms with Crippen molar-refractivity contribution in [3.63, 3.8) is 0 Å². The predicted octanol–water partition coefficient (Wildman–Crippen LogP) is -0.634. The lowest BCUT2D eigenvalue weighted by molar-refractivity contribution is -0.121. The van der Waals surface area contributed by atoms with Gasteiger partial charge in [0.05, 0.1) is 6.54 Å². The molecule has 4 N–H and O–H groups in total. The Bertz CT molecular complexity index is 239. The maximum absolute atomic E-state index is 11.3. The molecule has 0 aromatic carbocycles. The van der Waals surface area contributed by atoms with Crippen LogP contribution in [0.3, 0.4) is 0 Å². The van der Waals surface area contributed by atoms with Gasteiger partial charge in [-0.3, -0.25) is 9.59 Å². The fourth-order valence-corrected chi connectivity index (χ4v) is 1.28. The molecule has 0 bridgehead atoms. The lowest BCUT2D eigenvalue weighted by Crippen LogP contribution is -2.40. The second kappa shape index (κ2) is 5.70. The van der Waals surface area contributed by atoms with Gasteiger partial charge in [0.1, 0.15) is 0 Å². The molecule has 5 heteroatoms. The molecule has 0 aromatic heterocycles. The Morgan fingerprint density at radius 2 is 2.13 bits per heavy atom. The molecule has 1 rings (SSSR count). The van der Waals surface area contributed by atoms with Gasteiger partial charge in [-0.05, 0) is 25.7 Å². The van der Waals surface area contributed by atoms with Gasteiger partial charge in [0.2, 0.25) is 11.8 Å². The summed E-state index contributed by atoms with van der Waals surface area (Å²) in [7, 11) is 0. The van der Waals surface area contributed by atoms with E-state index in [-0.39, 0.29) is 30.8 Å². The van der Waals surface area contributed by atoms with Crippen LogP contribution < -0.4 is 16.4 Å². The van der Waals surface area contributed by atoms with E-state index in [1.165, 1.54) is 12.8 Å². The van der Waals surface area contributed by atoms with Gasteiger partial charge in [0.25, 0.3) is 0 Å². The molecule has 15 heavy (non-hydrogen) atoms. The van der Waals surface area contributed by atoms with Crippen molar-refractivity contribution < 1.29 is 9.59 Å². The van der Waals surface area contributed by atoms with Crippen LogP contribution in [0.5, 0.6) is 0 Å². The molecule has 0 radical (unpaired) electrons. The fraction of sp³-hybridized carbons (Fsp3) is 0.800. The normalized spacial score (nSPS) is 17.1. The Kier molecular flexibility index (Phi) is 4.55. The highest BCUT2D eigenvalue weighted by Gasteiger charge is 2.21. The number of rotatable bonds is 7. The zero-order valence-electron chi connectivity index (χ0n) is 9.08. The number of hydrogen-bond acceptors (Lipinski definition) is 3. The Morgan fingerprint density at radius 1 is 1.47 bits per heavy atom. The molecule has 2 amide bonds. The quantitative estimate of drug-likeness (QED) is 0.526. The molecule has 0 aromatic rings. The van der Waals surface area contributed by atoms with Crippen molar-refractivity contribution >= 4 is 11.8 Å². The van der Waals surface area contributed by atoms with Gasteiger partial charge in [0.15, 0.2) is 0 Å².